The molecular formula is C20H24BrCl2NO3. The quantitative estimate of drug-likeness (QED) is 0.639. The van der Waals surface area contributed by atoms with E-state index >= 15 is 0 Å². The van der Waals surface area contributed by atoms with E-state index in [1.807, 2.05) is 36.4 Å². The molecule has 0 bridgehead atoms. The fraction of sp³-hybridized carbons (Fsp3) is 0.400. The number of aliphatic hydroxyl groups is 1. The number of nitrogens with zero attached hydrogens (tertiary/aromatic N) is 1. The van der Waals surface area contributed by atoms with E-state index in [4.69, 9.17) is 21.1 Å². The van der Waals surface area contributed by atoms with Gasteiger partial charge in [0.1, 0.15) is 0 Å². The summed E-state index contributed by atoms with van der Waals surface area (Å²) in [5.74, 6) is 0. The van der Waals surface area contributed by atoms with Crippen molar-refractivity contribution in [3.05, 3.63) is 69.2 Å². The fourth-order valence-electron chi connectivity index (χ4n) is 3.02. The lowest BCUT2D eigenvalue weighted by atomic mass is 10.1. The molecule has 0 spiro atoms. The van der Waals surface area contributed by atoms with Crippen molar-refractivity contribution in [3.8, 4) is 0 Å². The second-order valence-electron chi connectivity index (χ2n) is 6.47. The average Bonchev–Trinajstić information content (AvgIpc) is 2.64. The lowest BCUT2D eigenvalue weighted by molar-refractivity contribution is -0.0536. The topological polar surface area (TPSA) is 41.9 Å². The van der Waals surface area contributed by atoms with Gasteiger partial charge in [-0.3, -0.25) is 4.90 Å². The van der Waals surface area contributed by atoms with Gasteiger partial charge in [-0.05, 0) is 35.4 Å². The third-order valence-electron chi connectivity index (χ3n) is 4.33. The number of hydrogen-bond donors (Lipinski definition) is 1. The molecule has 0 aliphatic carbocycles. The molecule has 148 valence electrons. The Bertz CT molecular complexity index is 702. The van der Waals surface area contributed by atoms with Gasteiger partial charge in [-0.2, -0.15) is 0 Å². The molecule has 1 fully saturated rings. The van der Waals surface area contributed by atoms with Crippen LogP contribution in [0.15, 0.2) is 53.0 Å². The number of hydrogen-bond acceptors (Lipinski definition) is 4. The molecule has 1 N–H and O–H groups in total. The summed E-state index contributed by atoms with van der Waals surface area (Å²) >= 11 is 9.37. The Morgan fingerprint density at radius 2 is 2.04 bits per heavy atom. The first-order valence-electron chi connectivity index (χ1n) is 8.70. The molecule has 0 saturated carbocycles. The van der Waals surface area contributed by atoms with E-state index in [9.17, 15) is 5.11 Å². The predicted octanol–water partition coefficient (Wildman–Crippen LogP) is 4.48. The van der Waals surface area contributed by atoms with E-state index in [0.29, 0.717) is 31.4 Å². The Kier molecular flexibility index (Phi) is 9.53. The number of ether oxygens (including phenoxy) is 2. The van der Waals surface area contributed by atoms with Crippen LogP contribution in [0.25, 0.3) is 0 Å². The Morgan fingerprint density at radius 1 is 1.26 bits per heavy atom. The van der Waals surface area contributed by atoms with Gasteiger partial charge in [0.15, 0.2) is 0 Å². The molecule has 2 atom stereocenters. The molecule has 4 nitrogen and oxygen atoms in total. The van der Waals surface area contributed by atoms with E-state index in [2.05, 4.69) is 33.0 Å². The monoisotopic (exact) mass is 475 g/mol. The van der Waals surface area contributed by atoms with Crippen LogP contribution < -0.4 is 0 Å². The lowest BCUT2D eigenvalue weighted by Crippen LogP contribution is -2.43. The van der Waals surface area contributed by atoms with Crippen LogP contribution in [0.3, 0.4) is 0 Å². The first-order valence-corrected chi connectivity index (χ1v) is 9.87. The van der Waals surface area contributed by atoms with Gasteiger partial charge in [0.25, 0.3) is 0 Å². The molecule has 1 aliphatic rings. The first-order chi connectivity index (χ1) is 12.6. The number of morpholine rings is 1. The van der Waals surface area contributed by atoms with Crippen molar-refractivity contribution in [1.29, 1.82) is 0 Å². The molecule has 3 rings (SSSR count). The normalized spacial score (nSPS) is 18.7. The van der Waals surface area contributed by atoms with Gasteiger partial charge in [-0.1, -0.05) is 51.8 Å². The molecule has 2 aromatic carbocycles. The van der Waals surface area contributed by atoms with Gasteiger partial charge in [-0.25, -0.2) is 0 Å². The molecule has 2 unspecified atom stereocenters. The van der Waals surface area contributed by atoms with E-state index in [0.717, 1.165) is 28.7 Å². The summed E-state index contributed by atoms with van der Waals surface area (Å²) in [6.45, 7) is 3.60. The average molecular weight is 477 g/mol. The van der Waals surface area contributed by atoms with Gasteiger partial charge in [0.2, 0.25) is 0 Å². The molecular weight excluding hydrogens is 453 g/mol. The van der Waals surface area contributed by atoms with Gasteiger partial charge >= 0.3 is 0 Å². The number of halogens is 3. The van der Waals surface area contributed by atoms with Crippen LogP contribution in [0.4, 0.5) is 0 Å². The summed E-state index contributed by atoms with van der Waals surface area (Å²) in [7, 11) is 0. The fourth-order valence-corrected chi connectivity index (χ4v) is 3.56. The van der Waals surface area contributed by atoms with Gasteiger partial charge in [0, 0.05) is 29.1 Å². The Labute approximate surface area is 180 Å². The maximum Gasteiger partial charge on any atom is 0.0952 e. The molecule has 0 radical (unpaired) electrons. The van der Waals surface area contributed by atoms with Crippen molar-refractivity contribution in [2.24, 2.45) is 0 Å². The largest absolute Gasteiger partial charge is 0.389 e. The third kappa shape index (κ3) is 7.35. The summed E-state index contributed by atoms with van der Waals surface area (Å²) in [6.07, 6.45) is -0.494. The van der Waals surface area contributed by atoms with E-state index in [1.165, 1.54) is 0 Å². The molecule has 2 aromatic rings. The Balaban J connectivity index is 0.00000261. The smallest absolute Gasteiger partial charge is 0.0952 e. The first kappa shape index (κ1) is 22.6. The molecule has 0 amide bonds. The van der Waals surface area contributed by atoms with Gasteiger partial charge < -0.3 is 14.6 Å². The van der Waals surface area contributed by atoms with Crippen LogP contribution in [0.5, 0.6) is 0 Å². The second-order valence-corrected chi connectivity index (χ2v) is 7.82. The highest BCUT2D eigenvalue weighted by Crippen LogP contribution is 2.24. The second kappa shape index (κ2) is 11.4. The summed E-state index contributed by atoms with van der Waals surface area (Å²) in [5, 5.41) is 11.0. The Morgan fingerprint density at radius 3 is 2.78 bits per heavy atom. The standard InChI is InChI=1S/C20H23BrClNO3.ClH/c21-17-3-1-2-16(10-17)20-12-23(8-9-26-20)11-19(24)14-25-13-15-4-6-18(22)7-5-15;/h1-7,10,19-20,24H,8-9,11-14H2;1H. The van der Waals surface area contributed by atoms with Crippen molar-refractivity contribution >= 4 is 39.9 Å². The zero-order chi connectivity index (χ0) is 18.4. The van der Waals surface area contributed by atoms with Crippen LogP contribution in [-0.4, -0.2) is 49.0 Å². The lowest BCUT2D eigenvalue weighted by Gasteiger charge is -2.34. The minimum atomic E-state index is -0.524. The molecule has 1 aliphatic heterocycles. The molecule has 1 saturated heterocycles. The highest BCUT2D eigenvalue weighted by atomic mass is 79.9. The van der Waals surface area contributed by atoms with Crippen LogP contribution in [0.2, 0.25) is 5.02 Å². The van der Waals surface area contributed by atoms with Crippen LogP contribution >= 0.6 is 39.9 Å². The summed E-state index contributed by atoms with van der Waals surface area (Å²) in [4.78, 5) is 2.23. The van der Waals surface area contributed by atoms with Crippen molar-refractivity contribution < 1.29 is 14.6 Å². The van der Waals surface area contributed by atoms with Crippen molar-refractivity contribution in [2.45, 2.75) is 18.8 Å². The van der Waals surface area contributed by atoms with Crippen LogP contribution in [-0.2, 0) is 16.1 Å². The molecule has 7 heteroatoms. The van der Waals surface area contributed by atoms with Crippen molar-refractivity contribution in [3.63, 3.8) is 0 Å². The van der Waals surface area contributed by atoms with Crippen LogP contribution in [0, 0.1) is 0 Å². The number of rotatable bonds is 7. The minimum absolute atomic E-state index is 0. The molecule has 27 heavy (non-hydrogen) atoms. The van der Waals surface area contributed by atoms with E-state index < -0.39 is 6.10 Å². The number of aliphatic hydroxyl groups excluding tert-OH is 1. The maximum atomic E-state index is 10.3. The predicted molar refractivity (Wildman–Crippen MR) is 114 cm³/mol. The SMILES string of the molecule is Cl.OC(COCc1ccc(Cl)cc1)CN1CCOC(c2cccc(Br)c2)C1. The van der Waals surface area contributed by atoms with E-state index in [1.54, 1.807) is 0 Å². The highest BCUT2D eigenvalue weighted by Gasteiger charge is 2.23. The maximum absolute atomic E-state index is 10.3. The zero-order valence-corrected chi connectivity index (χ0v) is 18.0. The van der Waals surface area contributed by atoms with Crippen LogP contribution in [0.1, 0.15) is 17.2 Å². The summed E-state index contributed by atoms with van der Waals surface area (Å²) in [6, 6.07) is 15.7. The highest BCUT2D eigenvalue weighted by molar-refractivity contribution is 9.10. The zero-order valence-electron chi connectivity index (χ0n) is 14.9. The van der Waals surface area contributed by atoms with Gasteiger partial charge in [-0.15, -0.1) is 12.4 Å². The minimum Gasteiger partial charge on any atom is -0.389 e. The third-order valence-corrected chi connectivity index (χ3v) is 5.08. The van der Waals surface area contributed by atoms with Gasteiger partial charge in [0.05, 0.1) is 32.0 Å². The molecule has 0 aromatic heterocycles. The van der Waals surface area contributed by atoms with E-state index in [-0.39, 0.29) is 18.5 Å². The summed E-state index contributed by atoms with van der Waals surface area (Å²) in [5.41, 5.74) is 2.19. The van der Waals surface area contributed by atoms with Crippen molar-refractivity contribution in [2.75, 3.05) is 32.8 Å². The molecule has 1 heterocycles. The summed E-state index contributed by atoms with van der Waals surface area (Å²) < 4.78 is 12.6. The van der Waals surface area contributed by atoms with Crippen molar-refractivity contribution in [1.82, 2.24) is 4.90 Å². The number of benzene rings is 2. The number of β-amino-alcohol motifs (C(OH)–C–C–N with tert-alkyl or cyclic N) is 1. The Hall–Kier alpha value is -0.660.